The van der Waals surface area contributed by atoms with Crippen LogP contribution in [-0.2, 0) is 17.7 Å². The number of carboxylic acid groups (broad SMARTS) is 1. The molecule has 0 bridgehead atoms. The number of likely N-dealkylation sites (N-methyl/N-ethyl adjacent to an activating group) is 1. The highest BCUT2D eigenvalue weighted by atomic mass is 19.1. The van der Waals surface area contributed by atoms with Crippen molar-refractivity contribution in [2.75, 3.05) is 33.4 Å². The number of benzene rings is 1. The molecule has 1 aromatic carbocycles. The Morgan fingerprint density at radius 1 is 1.23 bits per heavy atom. The molecule has 3 aromatic rings. The molecule has 35 heavy (non-hydrogen) atoms. The van der Waals surface area contributed by atoms with Crippen molar-refractivity contribution in [3.8, 4) is 5.75 Å². The number of aromatic hydroxyl groups is 1. The Kier molecular flexibility index (Phi) is 8.37. The van der Waals surface area contributed by atoms with Crippen LogP contribution in [0, 0.1) is 5.82 Å². The van der Waals surface area contributed by atoms with Gasteiger partial charge in [0.2, 0.25) is 0 Å². The van der Waals surface area contributed by atoms with Crippen molar-refractivity contribution < 1.29 is 28.9 Å². The summed E-state index contributed by atoms with van der Waals surface area (Å²) in [5.74, 6) is -1.71. The van der Waals surface area contributed by atoms with E-state index in [4.69, 9.17) is 4.74 Å². The first-order valence-corrected chi connectivity index (χ1v) is 11.0. The van der Waals surface area contributed by atoms with E-state index in [0.717, 1.165) is 10.5 Å². The van der Waals surface area contributed by atoms with E-state index in [9.17, 15) is 29.0 Å². The molecule has 11 heteroatoms. The van der Waals surface area contributed by atoms with Gasteiger partial charge in [-0.3, -0.25) is 14.6 Å². The quantitative estimate of drug-likeness (QED) is 0.374. The number of halogens is 1. The Bertz CT molecular complexity index is 1280. The minimum Gasteiger partial charge on any atom is -0.505 e. The van der Waals surface area contributed by atoms with Gasteiger partial charge in [-0.05, 0) is 42.7 Å². The van der Waals surface area contributed by atoms with Gasteiger partial charge in [-0.1, -0.05) is 12.1 Å². The summed E-state index contributed by atoms with van der Waals surface area (Å²) < 4.78 is 19.6. The van der Waals surface area contributed by atoms with Crippen molar-refractivity contribution in [3.05, 3.63) is 69.4 Å². The maximum Gasteiger partial charge on any atom is 0.407 e. The zero-order valence-corrected chi connectivity index (χ0v) is 19.5. The average Bonchev–Trinajstić information content (AvgIpc) is 2.83. The minimum absolute atomic E-state index is 0.0281. The first kappa shape index (κ1) is 25.6. The molecule has 0 aliphatic rings. The maximum absolute atomic E-state index is 13.3. The Labute approximate surface area is 200 Å². The lowest BCUT2D eigenvalue weighted by Crippen LogP contribution is -2.37. The molecule has 0 fully saturated rings. The van der Waals surface area contributed by atoms with Gasteiger partial charge in [-0.15, -0.1) is 0 Å². The van der Waals surface area contributed by atoms with Gasteiger partial charge in [-0.25, -0.2) is 9.18 Å². The number of aromatic nitrogens is 2. The van der Waals surface area contributed by atoms with Crippen LogP contribution >= 0.6 is 0 Å². The van der Waals surface area contributed by atoms with Gasteiger partial charge in [0.1, 0.15) is 16.9 Å². The Hall–Kier alpha value is -3.99. The molecule has 0 saturated carbocycles. The zero-order valence-electron chi connectivity index (χ0n) is 19.5. The SMILES string of the molecule is CCOCCNC(=O)c1c(O)c2ncc(Cc3ccc(F)cc3)cc2n(CCN(C)C(=O)O)c1=O. The number of amides is 2. The standard InChI is InChI=1S/C24H27FN4O6/c1-3-35-11-8-26-22(31)19-21(30)20-18(29(23(19)32)10-9-28(2)24(33)34)13-16(14-27-20)12-15-4-6-17(25)7-5-15/h4-7,13-14,30H,3,8-12H2,1-2H3,(H,26,31)(H,33,34). The van der Waals surface area contributed by atoms with E-state index in [2.05, 4.69) is 10.3 Å². The highest BCUT2D eigenvalue weighted by molar-refractivity contribution is 6.01. The average molecular weight is 487 g/mol. The van der Waals surface area contributed by atoms with Crippen LogP contribution in [0.1, 0.15) is 28.4 Å². The predicted octanol–water partition coefficient (Wildman–Crippen LogP) is 2.21. The van der Waals surface area contributed by atoms with Crippen LogP contribution in [-0.4, -0.2) is 70.0 Å². The normalized spacial score (nSPS) is 10.9. The number of carbonyl (C=O) groups excluding carboxylic acids is 1. The molecule has 10 nitrogen and oxygen atoms in total. The van der Waals surface area contributed by atoms with E-state index >= 15 is 0 Å². The molecule has 0 atom stereocenters. The summed E-state index contributed by atoms with van der Waals surface area (Å²) in [6.45, 7) is 2.53. The number of nitrogens with zero attached hydrogens (tertiary/aromatic N) is 3. The summed E-state index contributed by atoms with van der Waals surface area (Å²) >= 11 is 0. The predicted molar refractivity (Wildman–Crippen MR) is 126 cm³/mol. The maximum atomic E-state index is 13.3. The van der Waals surface area contributed by atoms with Gasteiger partial charge in [0.05, 0.1) is 12.1 Å². The van der Waals surface area contributed by atoms with Crippen LogP contribution in [0.25, 0.3) is 11.0 Å². The lowest BCUT2D eigenvalue weighted by atomic mass is 10.1. The van der Waals surface area contributed by atoms with Crippen LogP contribution < -0.4 is 10.9 Å². The first-order chi connectivity index (χ1) is 16.7. The van der Waals surface area contributed by atoms with Gasteiger partial charge < -0.3 is 29.7 Å². The summed E-state index contributed by atoms with van der Waals surface area (Å²) in [6, 6.07) is 7.57. The number of nitrogens with one attached hydrogen (secondary N) is 1. The highest BCUT2D eigenvalue weighted by Gasteiger charge is 2.23. The van der Waals surface area contributed by atoms with E-state index < -0.39 is 28.9 Å². The monoisotopic (exact) mass is 486 g/mol. The van der Waals surface area contributed by atoms with Crippen molar-refractivity contribution in [1.29, 1.82) is 0 Å². The minimum atomic E-state index is -1.18. The number of ether oxygens (including phenoxy) is 1. The number of pyridine rings is 2. The van der Waals surface area contributed by atoms with E-state index in [-0.39, 0.29) is 43.1 Å². The van der Waals surface area contributed by atoms with Crippen LogP contribution in [0.3, 0.4) is 0 Å². The second-order valence-corrected chi connectivity index (χ2v) is 7.85. The molecule has 186 valence electrons. The molecular formula is C24H27FN4O6. The molecule has 2 amide bonds. The zero-order chi connectivity index (χ0) is 25.5. The number of carbonyl (C=O) groups is 2. The molecule has 0 saturated heterocycles. The van der Waals surface area contributed by atoms with E-state index in [1.165, 1.54) is 29.9 Å². The topological polar surface area (TPSA) is 134 Å². The second-order valence-electron chi connectivity index (χ2n) is 7.85. The smallest absolute Gasteiger partial charge is 0.407 e. The lowest BCUT2D eigenvalue weighted by Gasteiger charge is -2.18. The Balaban J connectivity index is 2.05. The van der Waals surface area contributed by atoms with Crippen LogP contribution in [0.2, 0.25) is 0 Å². The lowest BCUT2D eigenvalue weighted by molar-refractivity contribution is 0.0917. The summed E-state index contributed by atoms with van der Waals surface area (Å²) in [7, 11) is 1.36. The number of hydrogen-bond acceptors (Lipinski definition) is 6. The Morgan fingerprint density at radius 2 is 1.94 bits per heavy atom. The molecule has 2 aromatic heterocycles. The van der Waals surface area contributed by atoms with Gasteiger partial charge in [0, 0.05) is 39.5 Å². The molecule has 0 aliphatic heterocycles. The fraction of sp³-hybridized carbons (Fsp3) is 0.333. The van der Waals surface area contributed by atoms with Crippen molar-refractivity contribution in [3.63, 3.8) is 0 Å². The van der Waals surface area contributed by atoms with Crippen LogP contribution in [0.5, 0.6) is 5.75 Å². The van der Waals surface area contributed by atoms with E-state index in [1.807, 2.05) is 0 Å². The highest BCUT2D eigenvalue weighted by Crippen LogP contribution is 2.26. The summed E-state index contributed by atoms with van der Waals surface area (Å²) in [6.07, 6.45) is 0.706. The van der Waals surface area contributed by atoms with E-state index in [1.54, 1.807) is 25.1 Å². The number of hydrogen-bond donors (Lipinski definition) is 3. The Morgan fingerprint density at radius 3 is 2.60 bits per heavy atom. The molecule has 0 radical (unpaired) electrons. The van der Waals surface area contributed by atoms with Gasteiger partial charge in [-0.2, -0.15) is 0 Å². The van der Waals surface area contributed by atoms with Crippen molar-refractivity contribution in [2.45, 2.75) is 19.9 Å². The first-order valence-electron chi connectivity index (χ1n) is 11.0. The largest absolute Gasteiger partial charge is 0.505 e. The van der Waals surface area contributed by atoms with Crippen LogP contribution in [0.15, 0.2) is 41.3 Å². The van der Waals surface area contributed by atoms with E-state index in [0.29, 0.717) is 18.6 Å². The fourth-order valence-corrected chi connectivity index (χ4v) is 3.52. The molecule has 3 rings (SSSR count). The third kappa shape index (κ3) is 6.12. The summed E-state index contributed by atoms with van der Waals surface area (Å²) in [4.78, 5) is 42.6. The fourth-order valence-electron chi connectivity index (χ4n) is 3.52. The van der Waals surface area contributed by atoms with Gasteiger partial charge in [0.25, 0.3) is 11.5 Å². The molecular weight excluding hydrogens is 459 g/mol. The molecule has 0 unspecified atom stereocenters. The molecule has 0 spiro atoms. The number of rotatable bonds is 10. The van der Waals surface area contributed by atoms with Gasteiger partial charge in [0.15, 0.2) is 5.75 Å². The van der Waals surface area contributed by atoms with Crippen molar-refractivity contribution in [2.24, 2.45) is 0 Å². The van der Waals surface area contributed by atoms with Crippen molar-refractivity contribution >= 4 is 23.0 Å². The summed E-state index contributed by atoms with van der Waals surface area (Å²) in [5, 5.41) is 22.5. The molecule has 3 N–H and O–H groups in total. The molecule has 2 heterocycles. The van der Waals surface area contributed by atoms with Crippen LogP contribution in [0.4, 0.5) is 9.18 Å². The third-order valence-electron chi connectivity index (χ3n) is 5.41. The van der Waals surface area contributed by atoms with Crippen molar-refractivity contribution in [1.82, 2.24) is 19.8 Å². The molecule has 0 aliphatic carbocycles. The summed E-state index contributed by atoms with van der Waals surface area (Å²) in [5.41, 5.74) is 0.505. The second kappa shape index (κ2) is 11.4. The van der Waals surface area contributed by atoms with Gasteiger partial charge >= 0.3 is 6.09 Å². The third-order valence-corrected chi connectivity index (χ3v) is 5.41. The number of fused-ring (bicyclic) bond motifs is 1.